The zero-order valence-electron chi connectivity index (χ0n) is 51.6. The Bertz CT molecular complexity index is 3580. The Balaban J connectivity index is 1.16. The Morgan fingerprint density at radius 3 is 0.759 bits per heavy atom. The summed E-state index contributed by atoms with van der Waals surface area (Å²) in [5.74, 6) is 3.46. The first-order chi connectivity index (χ1) is 40.0. The van der Waals surface area contributed by atoms with Crippen LogP contribution in [-0.4, -0.2) is 143 Å². The van der Waals surface area contributed by atoms with Crippen molar-refractivity contribution >= 4 is 22.3 Å². The highest BCUT2D eigenvalue weighted by Gasteiger charge is 2.20. The van der Waals surface area contributed by atoms with Gasteiger partial charge >= 0.3 is 0 Å². The summed E-state index contributed by atoms with van der Waals surface area (Å²) in [6.07, 6.45) is 13.1. The molecule has 0 aliphatic carbocycles. The molecule has 4 N–H and O–H groups in total. The molecule has 11 heteroatoms. The molecule has 0 spiro atoms. The van der Waals surface area contributed by atoms with Gasteiger partial charge in [-0.2, -0.15) is 0 Å². The van der Waals surface area contributed by atoms with Crippen molar-refractivity contribution in [1.29, 1.82) is 0 Å². The molecular formula is C72H94N7O4+3. The standard InChI is InChI=1S/C72H94N7O4/c1-11-12-13-14-15-16-17-18-49-80-57-30-22-53(23-31-57)69-61-38-40-63(73-61)70(54-24-32-58(33-25-54)81-50-19-46-77(2,3)4)65-42-44-67(75-65)72(56-28-36-60(37-29-56)83-52-21-48-79(8,9)10)68-45-43-66(76-68)71(64-41-39-62(69)74-64)55-26-34-59(35-27-55)82-51-20-47-78(5,6)7/h22-45,73-76H,11-21,46-52H2,1-10H3/q+3. The summed E-state index contributed by atoms with van der Waals surface area (Å²) in [4.78, 5) is 15.9. The second-order valence-electron chi connectivity index (χ2n) is 25.7. The van der Waals surface area contributed by atoms with Crippen molar-refractivity contribution in [1.82, 2.24) is 19.9 Å². The van der Waals surface area contributed by atoms with Crippen LogP contribution in [-0.2, 0) is 0 Å². The van der Waals surface area contributed by atoms with Crippen molar-refractivity contribution in [3.8, 4) is 23.0 Å². The Labute approximate surface area is 494 Å². The summed E-state index contributed by atoms with van der Waals surface area (Å²) in [7, 11) is 20.0. The van der Waals surface area contributed by atoms with E-state index in [0.717, 1.165) is 170 Å². The van der Waals surface area contributed by atoms with Crippen LogP contribution in [0, 0.1) is 0 Å². The van der Waals surface area contributed by atoms with Crippen LogP contribution in [0.15, 0.2) is 146 Å². The number of nitrogens with zero attached hydrogens (tertiary/aromatic N) is 3. The number of fused-ring (bicyclic) bond motifs is 8. The van der Waals surface area contributed by atoms with E-state index >= 15 is 0 Å². The predicted molar refractivity (Wildman–Crippen MR) is 341 cm³/mol. The highest BCUT2D eigenvalue weighted by molar-refractivity contribution is 5.85. The molecule has 8 bridgehead atoms. The first kappa shape index (κ1) is 60.2. The number of benzene rings is 4. The topological polar surface area (TPSA) is 100 Å². The van der Waals surface area contributed by atoms with Crippen LogP contribution in [0.4, 0.5) is 0 Å². The van der Waals surface area contributed by atoms with Gasteiger partial charge in [-0.25, -0.2) is 0 Å². The van der Waals surface area contributed by atoms with Crippen molar-refractivity contribution in [2.45, 2.75) is 77.6 Å². The van der Waals surface area contributed by atoms with Gasteiger partial charge in [0, 0.05) is 85.7 Å². The molecule has 5 heterocycles. The fraction of sp³-hybridized carbons (Fsp3) is 0.389. The van der Waals surface area contributed by atoms with Crippen molar-refractivity contribution in [3.63, 3.8) is 0 Å². The van der Waals surface area contributed by atoms with Gasteiger partial charge in [-0.05, 0) is 126 Å². The zero-order chi connectivity index (χ0) is 58.4. The van der Waals surface area contributed by atoms with Crippen LogP contribution < -0.4 is 40.3 Å². The number of hydrogen-bond donors (Lipinski definition) is 4. The fourth-order valence-electron chi connectivity index (χ4n) is 11.1. The fourth-order valence-corrected chi connectivity index (χ4v) is 11.1. The van der Waals surface area contributed by atoms with Crippen molar-refractivity contribution in [3.05, 3.63) is 212 Å². The minimum absolute atomic E-state index is 0.664. The van der Waals surface area contributed by atoms with E-state index in [1.807, 2.05) is 0 Å². The number of hydrogen-bond acceptors (Lipinski definition) is 4. The maximum atomic E-state index is 6.36. The molecular weight excluding hydrogens is 1030 g/mol. The average Bonchev–Trinajstić information content (AvgIpc) is 4.20. The number of rotatable bonds is 29. The van der Waals surface area contributed by atoms with E-state index in [9.17, 15) is 0 Å². The molecule has 1 aliphatic rings. The minimum atomic E-state index is 0.664. The second kappa shape index (κ2) is 27.8. The third-order valence-electron chi connectivity index (χ3n) is 15.5. The third kappa shape index (κ3) is 17.1. The van der Waals surface area contributed by atoms with Gasteiger partial charge in [-0.3, -0.25) is 0 Å². The van der Waals surface area contributed by atoms with Gasteiger partial charge < -0.3 is 52.3 Å². The molecule has 0 radical (unpaired) electrons. The highest BCUT2D eigenvalue weighted by atomic mass is 16.5. The molecule has 8 aromatic rings. The van der Waals surface area contributed by atoms with E-state index in [4.69, 9.17) is 18.9 Å². The molecule has 0 saturated carbocycles. The van der Waals surface area contributed by atoms with Gasteiger partial charge in [-0.1, -0.05) is 100 Å². The third-order valence-corrected chi connectivity index (χ3v) is 15.5. The van der Waals surface area contributed by atoms with Crippen LogP contribution in [0.25, 0.3) is 22.3 Å². The first-order valence-electron chi connectivity index (χ1n) is 30.6. The van der Waals surface area contributed by atoms with E-state index in [1.54, 1.807) is 0 Å². The number of H-pyrrole nitrogens is 4. The summed E-state index contributed by atoms with van der Waals surface area (Å²) in [6, 6.07) is 52.0. The highest BCUT2D eigenvalue weighted by Crippen LogP contribution is 2.31. The molecule has 0 atom stereocenters. The molecule has 83 heavy (non-hydrogen) atoms. The molecule has 4 aromatic carbocycles. The van der Waals surface area contributed by atoms with E-state index in [1.165, 1.54) is 44.9 Å². The lowest BCUT2D eigenvalue weighted by Crippen LogP contribution is -2.36. The summed E-state index contributed by atoms with van der Waals surface area (Å²) < 4.78 is 28.0. The number of nitrogens with one attached hydrogen (secondary N) is 4. The normalized spacial score (nSPS) is 13.0. The van der Waals surface area contributed by atoms with Crippen molar-refractivity contribution in [2.75, 3.05) is 109 Å². The second-order valence-corrected chi connectivity index (χ2v) is 25.7. The Kier molecular flexibility index (Phi) is 20.1. The molecule has 4 aromatic heterocycles. The minimum Gasteiger partial charge on any atom is -0.494 e. The molecule has 0 saturated heterocycles. The lowest BCUT2D eigenvalue weighted by Gasteiger charge is -2.23. The average molecular weight is 1120 g/mol. The van der Waals surface area contributed by atoms with E-state index < -0.39 is 0 Å². The molecule has 0 amide bonds. The maximum absolute atomic E-state index is 6.36. The van der Waals surface area contributed by atoms with E-state index in [2.05, 4.69) is 236 Å². The zero-order valence-corrected chi connectivity index (χ0v) is 51.6. The van der Waals surface area contributed by atoms with Gasteiger partial charge in [0.05, 0.1) is 109 Å². The predicted octanol–water partition coefficient (Wildman–Crippen LogP) is 11.2. The molecule has 0 unspecified atom stereocenters. The van der Waals surface area contributed by atoms with Crippen LogP contribution >= 0.6 is 0 Å². The Morgan fingerprint density at radius 2 is 0.506 bits per heavy atom. The van der Waals surface area contributed by atoms with Crippen LogP contribution in [0.1, 0.15) is 123 Å². The van der Waals surface area contributed by atoms with Gasteiger partial charge in [0.25, 0.3) is 0 Å². The Morgan fingerprint density at radius 1 is 0.265 bits per heavy atom. The summed E-state index contributed by atoms with van der Waals surface area (Å²) in [5, 5.41) is 3.92. The summed E-state index contributed by atoms with van der Waals surface area (Å²) in [5.41, 5.74) is 12.3. The summed E-state index contributed by atoms with van der Waals surface area (Å²) in [6.45, 7) is 8.11. The molecule has 0 fully saturated rings. The first-order valence-corrected chi connectivity index (χ1v) is 30.6. The largest absolute Gasteiger partial charge is 0.494 e. The van der Waals surface area contributed by atoms with Crippen molar-refractivity contribution < 1.29 is 32.4 Å². The summed E-state index contributed by atoms with van der Waals surface area (Å²) >= 11 is 0. The van der Waals surface area contributed by atoms with Crippen LogP contribution in [0.5, 0.6) is 23.0 Å². The van der Waals surface area contributed by atoms with E-state index in [0.29, 0.717) is 26.4 Å². The number of aromatic amines is 4. The molecule has 9 rings (SSSR count). The van der Waals surface area contributed by atoms with Crippen molar-refractivity contribution in [2.24, 2.45) is 0 Å². The van der Waals surface area contributed by atoms with Gasteiger partial charge in [0.15, 0.2) is 0 Å². The number of unbranched alkanes of at least 4 members (excludes halogenated alkanes) is 7. The Hall–Kier alpha value is -7.44. The number of aromatic nitrogens is 4. The smallest absolute Gasteiger partial charge is 0.119 e. The quantitative estimate of drug-likeness (QED) is 0.0277. The van der Waals surface area contributed by atoms with Crippen LogP contribution in [0.2, 0.25) is 0 Å². The van der Waals surface area contributed by atoms with Gasteiger partial charge in [-0.15, -0.1) is 0 Å². The lowest BCUT2D eigenvalue weighted by molar-refractivity contribution is -0.870. The lowest BCUT2D eigenvalue weighted by atomic mass is 10.0. The monoisotopic (exact) mass is 1120 g/mol. The van der Waals surface area contributed by atoms with E-state index in [-0.39, 0.29) is 0 Å². The molecule has 11 nitrogen and oxygen atoms in total. The molecule has 1 aliphatic heterocycles. The number of ether oxygens (including phenoxy) is 4. The SMILES string of the molecule is CCCCCCCCCCOc1ccc(C2=c3ccc([nH]3)=C(c3ccc(OCCC[N+](C)(C)C)cc3)c3ccc([nH]3)C(c3ccc(OCCC[N+](C)(C)C)cc3)=c3ccc([nH]3)=C(c3ccc(OCCC[N+](C)(C)C)cc3)c3ccc2[nH]3)cc1. The van der Waals surface area contributed by atoms with Gasteiger partial charge in [0.1, 0.15) is 23.0 Å². The van der Waals surface area contributed by atoms with Gasteiger partial charge in [0.2, 0.25) is 0 Å². The molecule has 438 valence electrons. The maximum Gasteiger partial charge on any atom is 0.119 e. The number of quaternary nitrogens is 3. The van der Waals surface area contributed by atoms with Crippen LogP contribution in [0.3, 0.4) is 0 Å².